The maximum Gasteiger partial charge on any atom is 0.257 e. The lowest BCUT2D eigenvalue weighted by Gasteiger charge is -2.12. The molecule has 0 radical (unpaired) electrons. The van der Waals surface area contributed by atoms with E-state index in [-0.39, 0.29) is 17.1 Å². The molecule has 0 fully saturated rings. The van der Waals surface area contributed by atoms with Crippen LogP contribution in [0.3, 0.4) is 0 Å². The third kappa shape index (κ3) is 7.45. The molecule has 2 aromatic heterocycles. The molecule has 13 nitrogen and oxygen atoms in total. The van der Waals surface area contributed by atoms with E-state index in [1.165, 1.54) is 36.5 Å². The molecule has 5 rings (SSSR count). The van der Waals surface area contributed by atoms with Crippen LogP contribution in [0, 0.1) is 0 Å². The van der Waals surface area contributed by atoms with Gasteiger partial charge in [-0.1, -0.05) is 23.5 Å². The molecule has 0 aliphatic carbocycles. The van der Waals surface area contributed by atoms with Gasteiger partial charge in [-0.2, -0.15) is 5.21 Å². The summed E-state index contributed by atoms with van der Waals surface area (Å²) in [7, 11) is -1.80. The molecule has 0 saturated carbocycles. The summed E-state index contributed by atoms with van der Waals surface area (Å²) in [6.45, 7) is 0.602. The fraction of sp³-hybridized carbons (Fsp3) is 0.148. The van der Waals surface area contributed by atoms with Crippen LogP contribution in [0.1, 0.15) is 10.4 Å². The van der Waals surface area contributed by atoms with Crippen LogP contribution in [0.5, 0.6) is 28.1 Å². The largest absolute Gasteiger partial charge is 0.491 e. The summed E-state index contributed by atoms with van der Waals surface area (Å²) in [5.74, 6) is 1.59. The van der Waals surface area contributed by atoms with Crippen molar-refractivity contribution in [3.8, 4) is 39.4 Å². The van der Waals surface area contributed by atoms with Gasteiger partial charge >= 0.3 is 0 Å². The van der Waals surface area contributed by atoms with E-state index in [0.29, 0.717) is 45.6 Å². The fourth-order valence-corrected chi connectivity index (χ4v) is 4.92. The Bertz CT molecular complexity index is 1780. The molecule has 0 aliphatic heterocycles. The Morgan fingerprint density at radius 2 is 1.76 bits per heavy atom. The second-order valence-corrected chi connectivity index (χ2v) is 11.7. The molecular weight excluding hydrogens is 584 g/mol. The predicted molar refractivity (Wildman–Crippen MR) is 153 cm³/mol. The molecule has 216 valence electrons. The van der Waals surface area contributed by atoms with Gasteiger partial charge in [0.1, 0.15) is 29.6 Å². The highest BCUT2D eigenvalue weighted by Crippen LogP contribution is 2.33. The number of tetrazole rings is 1. The number of amides is 1. The molecule has 5 aromatic rings. The molecule has 2 heterocycles. The van der Waals surface area contributed by atoms with Crippen molar-refractivity contribution >= 4 is 32.2 Å². The molecule has 0 saturated heterocycles. The van der Waals surface area contributed by atoms with E-state index in [1.54, 1.807) is 37.4 Å². The van der Waals surface area contributed by atoms with Gasteiger partial charge in [-0.05, 0) is 53.7 Å². The predicted octanol–water partition coefficient (Wildman–Crippen LogP) is 4.59. The van der Waals surface area contributed by atoms with Crippen LogP contribution < -0.4 is 19.5 Å². The van der Waals surface area contributed by atoms with Crippen molar-refractivity contribution < 1.29 is 32.2 Å². The molecule has 0 unspecified atom stereocenters. The first-order chi connectivity index (χ1) is 20.3. The molecule has 42 heavy (non-hydrogen) atoms. The third-order valence-electron chi connectivity index (χ3n) is 5.55. The lowest BCUT2D eigenvalue weighted by atomic mass is 10.2. The Hall–Kier alpha value is -4.86. The van der Waals surface area contributed by atoms with Crippen molar-refractivity contribution in [3.05, 3.63) is 78.5 Å². The monoisotopic (exact) mass is 608 g/mol. The lowest BCUT2D eigenvalue weighted by Crippen LogP contribution is -2.12. The summed E-state index contributed by atoms with van der Waals surface area (Å²) in [5.41, 5.74) is 0.967. The molecule has 2 N–H and O–H groups in total. The Labute approximate surface area is 244 Å². The van der Waals surface area contributed by atoms with Gasteiger partial charge in [0, 0.05) is 30.6 Å². The number of anilines is 1. The highest BCUT2D eigenvalue weighted by molar-refractivity contribution is 7.90. The zero-order chi connectivity index (χ0) is 29.5. The van der Waals surface area contributed by atoms with Gasteiger partial charge in [0.05, 0.1) is 17.7 Å². The molecule has 0 bridgehead atoms. The van der Waals surface area contributed by atoms with Crippen molar-refractivity contribution in [3.63, 3.8) is 0 Å². The number of sulfone groups is 1. The van der Waals surface area contributed by atoms with Crippen LogP contribution >= 0.6 is 11.3 Å². The van der Waals surface area contributed by atoms with Gasteiger partial charge in [0.2, 0.25) is 10.9 Å². The minimum atomic E-state index is -3.35. The van der Waals surface area contributed by atoms with Crippen molar-refractivity contribution in [1.29, 1.82) is 0 Å². The number of benzene rings is 3. The summed E-state index contributed by atoms with van der Waals surface area (Å²) in [4.78, 5) is 17.6. The van der Waals surface area contributed by atoms with E-state index in [0.717, 1.165) is 23.2 Å². The Morgan fingerprint density at radius 1 is 0.952 bits per heavy atom. The van der Waals surface area contributed by atoms with Crippen LogP contribution in [-0.2, 0) is 14.6 Å². The van der Waals surface area contributed by atoms with E-state index >= 15 is 0 Å². The zero-order valence-electron chi connectivity index (χ0n) is 22.3. The quantitative estimate of drug-likeness (QED) is 0.190. The average molecular weight is 609 g/mol. The topological polar surface area (TPSA) is 168 Å². The fourth-order valence-electron chi connectivity index (χ4n) is 3.61. The van der Waals surface area contributed by atoms with E-state index in [9.17, 15) is 13.2 Å². The number of hydrogen-bond acceptors (Lipinski definition) is 12. The van der Waals surface area contributed by atoms with Crippen molar-refractivity contribution in [2.24, 2.45) is 0 Å². The Kier molecular flexibility index (Phi) is 8.71. The number of ether oxygens (including phenoxy) is 4. The first-order valence-corrected chi connectivity index (χ1v) is 15.0. The second kappa shape index (κ2) is 12.8. The number of carbonyl (C=O) groups excluding carboxylic acids is 1. The number of aromatic amines is 1. The van der Waals surface area contributed by atoms with E-state index in [4.69, 9.17) is 18.9 Å². The van der Waals surface area contributed by atoms with Gasteiger partial charge in [-0.25, -0.2) is 13.4 Å². The number of H-pyrrole nitrogens is 1. The number of methoxy groups -OCH3 is 1. The van der Waals surface area contributed by atoms with E-state index in [2.05, 4.69) is 30.9 Å². The Balaban J connectivity index is 1.30. The Morgan fingerprint density at radius 3 is 2.50 bits per heavy atom. The van der Waals surface area contributed by atoms with Crippen molar-refractivity contribution in [1.82, 2.24) is 25.6 Å². The van der Waals surface area contributed by atoms with Gasteiger partial charge in [0.25, 0.3) is 5.91 Å². The number of hydrogen-bond donors (Lipinski definition) is 2. The summed E-state index contributed by atoms with van der Waals surface area (Å²) in [5, 5.41) is 17.4. The minimum absolute atomic E-state index is 0.165. The number of thiazole rings is 1. The molecule has 15 heteroatoms. The lowest BCUT2D eigenvalue weighted by molar-refractivity contribution is 0.102. The molecule has 0 spiro atoms. The normalized spacial score (nSPS) is 11.2. The summed E-state index contributed by atoms with van der Waals surface area (Å²) in [6.07, 6.45) is 2.63. The second-order valence-electron chi connectivity index (χ2n) is 8.68. The third-order valence-corrected chi connectivity index (χ3v) is 7.47. The maximum absolute atomic E-state index is 13.2. The van der Waals surface area contributed by atoms with Crippen LogP contribution in [0.25, 0.3) is 11.4 Å². The molecule has 0 atom stereocenters. The number of carbonyl (C=O) groups is 1. The number of rotatable bonds is 12. The zero-order valence-corrected chi connectivity index (χ0v) is 23.9. The van der Waals surface area contributed by atoms with Crippen LogP contribution in [0.4, 0.5) is 5.13 Å². The van der Waals surface area contributed by atoms with Crippen LogP contribution in [-0.4, -0.2) is 66.5 Å². The molecule has 0 aliphatic rings. The summed E-state index contributed by atoms with van der Waals surface area (Å²) in [6, 6.07) is 17.8. The van der Waals surface area contributed by atoms with Crippen molar-refractivity contribution in [2.75, 3.05) is 31.9 Å². The van der Waals surface area contributed by atoms with Gasteiger partial charge < -0.3 is 18.9 Å². The first kappa shape index (κ1) is 28.7. The summed E-state index contributed by atoms with van der Waals surface area (Å²) < 4.78 is 46.1. The SMILES string of the molecule is COCCOc1cc(Oc2ccc(S(C)(=O)=O)cc2)cc(C(=O)Nc2ncc(Oc3cccc(-c4nn[nH]n4)c3)s2)c1. The highest BCUT2D eigenvalue weighted by atomic mass is 32.2. The molecule has 3 aromatic carbocycles. The highest BCUT2D eigenvalue weighted by Gasteiger charge is 2.15. The first-order valence-electron chi connectivity index (χ1n) is 12.3. The van der Waals surface area contributed by atoms with Gasteiger partial charge in [-0.15, -0.1) is 10.2 Å². The smallest absolute Gasteiger partial charge is 0.257 e. The number of nitrogens with zero attached hydrogens (tertiary/aromatic N) is 4. The summed E-state index contributed by atoms with van der Waals surface area (Å²) >= 11 is 1.14. The van der Waals surface area contributed by atoms with Crippen LogP contribution in [0.15, 0.2) is 77.8 Å². The van der Waals surface area contributed by atoms with E-state index in [1.807, 2.05) is 6.07 Å². The van der Waals surface area contributed by atoms with Crippen molar-refractivity contribution in [2.45, 2.75) is 4.90 Å². The molecular formula is C27H24N6O7S2. The minimum Gasteiger partial charge on any atom is -0.491 e. The standard InChI is InChI=1S/C27H24N6O7S2/c1-37-10-11-38-21-13-18(14-22(15-21)39-19-6-8-23(9-7-19)42(2,35)36)26(34)29-27-28-16-24(41-27)40-20-5-3-4-17(12-20)25-30-32-33-31-25/h3-9,12-16H,10-11H2,1-2H3,(H,28,29,34)(H,30,31,32,33). The van der Waals surface area contributed by atoms with Gasteiger partial charge in [0.15, 0.2) is 15.0 Å². The average Bonchev–Trinajstić information content (AvgIpc) is 3.66. The number of aromatic nitrogens is 5. The maximum atomic E-state index is 13.2. The van der Waals surface area contributed by atoms with Crippen LogP contribution in [0.2, 0.25) is 0 Å². The van der Waals surface area contributed by atoms with E-state index < -0.39 is 15.7 Å². The van der Waals surface area contributed by atoms with Gasteiger partial charge in [-0.3, -0.25) is 10.1 Å². The molecule has 1 amide bonds. The number of nitrogens with one attached hydrogen (secondary N) is 2.